The lowest BCUT2D eigenvalue weighted by molar-refractivity contribution is 0.592. The normalized spacial score (nSPS) is 11.6. The van der Waals surface area contributed by atoms with E-state index in [1.54, 1.807) is 0 Å². The molecular weight excluding hydrogens is 631 g/mol. The van der Waals surface area contributed by atoms with Gasteiger partial charge in [-0.25, -0.2) is 0 Å². The molecule has 0 N–H and O–H groups in total. The molecule has 0 unspecified atom stereocenters. The Hall–Kier alpha value is -6.65. The zero-order valence-corrected chi connectivity index (χ0v) is 27.6. The number of hydrogen-bond donors (Lipinski definition) is 0. The van der Waals surface area contributed by atoms with Crippen LogP contribution in [0.2, 0.25) is 0 Å². The lowest BCUT2D eigenvalue weighted by Crippen LogP contribution is -2.25. The third kappa shape index (κ3) is 4.42. The minimum absolute atomic E-state index is 0.580. The van der Waals surface area contributed by atoms with Crippen molar-refractivity contribution >= 4 is 66.7 Å². The maximum Gasteiger partial charge on any atom is 0.171 e. The Bertz CT molecular complexity index is 2730. The van der Waals surface area contributed by atoms with Crippen LogP contribution in [0.1, 0.15) is 11.1 Å². The Kier molecular flexibility index (Phi) is 6.78. The van der Waals surface area contributed by atoms with Crippen LogP contribution in [0.15, 0.2) is 164 Å². The number of nitrogens with zero attached hydrogens (tertiary/aromatic N) is 4. The van der Waals surface area contributed by atoms with Crippen LogP contribution in [0.4, 0.5) is 0 Å². The Balaban J connectivity index is 1.36. The summed E-state index contributed by atoms with van der Waals surface area (Å²) >= 11 is 0. The molecule has 0 saturated carbocycles. The topological polar surface area (TPSA) is 74.5 Å². The smallest absolute Gasteiger partial charge is 0.171 e. The summed E-state index contributed by atoms with van der Waals surface area (Å²) in [4.78, 5) is 0. The van der Waals surface area contributed by atoms with Crippen molar-refractivity contribution in [3.63, 3.8) is 0 Å². The van der Waals surface area contributed by atoms with Crippen LogP contribution in [-0.4, -0.2) is 9.13 Å². The quantitative estimate of drug-likeness (QED) is 0.173. The van der Waals surface area contributed by atoms with E-state index in [2.05, 4.69) is 69.8 Å². The average molecular weight is 659 g/mol. The Morgan fingerprint density at radius 3 is 1.16 bits per heavy atom. The van der Waals surface area contributed by atoms with Gasteiger partial charge in [0.15, 0.2) is 7.14 Å². The van der Waals surface area contributed by atoms with Crippen molar-refractivity contribution in [3.05, 3.63) is 175 Å². The largest absolute Gasteiger partial charge is 0.309 e. The summed E-state index contributed by atoms with van der Waals surface area (Å²) in [6.07, 6.45) is 0. The number of aromatic nitrogens is 2. The summed E-state index contributed by atoms with van der Waals surface area (Å²) in [7, 11) is -3.46. The Labute approximate surface area is 288 Å². The van der Waals surface area contributed by atoms with Gasteiger partial charge >= 0.3 is 0 Å². The van der Waals surface area contributed by atoms with E-state index in [9.17, 15) is 10.5 Å². The molecule has 0 amide bonds. The van der Waals surface area contributed by atoms with Crippen molar-refractivity contribution in [2.75, 3.05) is 0 Å². The number of fused-ring (bicyclic) bond motifs is 6. The summed E-state index contributed by atoms with van der Waals surface area (Å²) < 4.78 is 20.4. The molecule has 5 nitrogen and oxygen atoms in total. The van der Waals surface area contributed by atoms with Gasteiger partial charge in [-0.1, -0.05) is 103 Å². The first-order valence-corrected chi connectivity index (χ1v) is 18.0. The van der Waals surface area contributed by atoms with Crippen molar-refractivity contribution in [2.24, 2.45) is 0 Å². The predicted octanol–water partition coefficient (Wildman–Crippen LogP) is 9.26. The first-order valence-electron chi connectivity index (χ1n) is 16.3. The van der Waals surface area contributed by atoms with Gasteiger partial charge in [0.2, 0.25) is 0 Å². The van der Waals surface area contributed by atoms with Crippen LogP contribution < -0.4 is 15.9 Å². The highest BCUT2D eigenvalue weighted by molar-refractivity contribution is 7.85. The standard InChI is InChI=1S/C44H27N4OP/c45-28-30-16-20-37-39-22-18-35(26-43(39)47(41(37)24-30)32-10-4-1-5-11-32)50(49,34-14-8-3-9-15-34)36-19-23-40-38-21-17-31(29-46)25-42(38)48(44(40)27-36)33-12-6-2-7-13-33/h1-27H. The molecule has 0 fully saturated rings. The van der Waals surface area contributed by atoms with Crippen LogP contribution >= 0.6 is 7.14 Å². The molecule has 2 aromatic heterocycles. The molecule has 6 heteroatoms. The van der Waals surface area contributed by atoms with E-state index in [4.69, 9.17) is 0 Å². The molecule has 0 aliphatic rings. The van der Waals surface area contributed by atoms with Gasteiger partial charge in [-0.05, 0) is 60.7 Å². The average Bonchev–Trinajstić information content (AvgIpc) is 3.69. The van der Waals surface area contributed by atoms with Crippen molar-refractivity contribution in [2.45, 2.75) is 0 Å². The maximum absolute atomic E-state index is 16.1. The summed E-state index contributed by atoms with van der Waals surface area (Å²) in [5.74, 6) is 0. The summed E-state index contributed by atoms with van der Waals surface area (Å²) in [6, 6.07) is 58.3. The molecule has 0 radical (unpaired) electrons. The number of para-hydroxylation sites is 2. The first kappa shape index (κ1) is 29.5. The van der Waals surface area contributed by atoms with E-state index in [1.807, 2.05) is 115 Å². The number of hydrogen-bond acceptors (Lipinski definition) is 3. The monoisotopic (exact) mass is 658 g/mol. The van der Waals surface area contributed by atoms with Crippen LogP contribution in [0.3, 0.4) is 0 Å². The molecule has 0 bridgehead atoms. The van der Waals surface area contributed by atoms with E-state index in [0.29, 0.717) is 21.7 Å². The van der Waals surface area contributed by atoms with Gasteiger partial charge in [0.1, 0.15) is 0 Å². The highest BCUT2D eigenvalue weighted by Crippen LogP contribution is 2.45. The molecule has 0 aliphatic heterocycles. The van der Waals surface area contributed by atoms with Crippen LogP contribution in [0, 0.1) is 22.7 Å². The maximum atomic E-state index is 16.1. The van der Waals surface area contributed by atoms with Crippen molar-refractivity contribution < 1.29 is 4.57 Å². The molecule has 0 spiro atoms. The molecule has 0 atom stereocenters. The van der Waals surface area contributed by atoms with E-state index >= 15 is 4.57 Å². The fourth-order valence-electron chi connectivity index (χ4n) is 7.34. The molecule has 9 aromatic rings. The molecule has 0 saturated heterocycles. The van der Waals surface area contributed by atoms with E-state index in [1.165, 1.54) is 0 Å². The Morgan fingerprint density at radius 2 is 0.760 bits per heavy atom. The second-order valence-corrected chi connectivity index (χ2v) is 15.1. The SMILES string of the molecule is N#Cc1ccc2c3ccc(P(=O)(c4ccccc4)c4ccc5c6ccc(C#N)cc6n(-c6ccccc6)c5c4)cc3n(-c3ccccc3)c2c1. The van der Waals surface area contributed by atoms with E-state index in [-0.39, 0.29) is 0 Å². The van der Waals surface area contributed by atoms with Gasteiger partial charge in [-0.3, -0.25) is 0 Å². The number of nitriles is 2. The van der Waals surface area contributed by atoms with Gasteiger partial charge in [-0.15, -0.1) is 0 Å². The van der Waals surface area contributed by atoms with E-state index < -0.39 is 7.14 Å². The summed E-state index contributed by atoms with van der Waals surface area (Å²) in [5, 5.41) is 25.8. The number of benzene rings is 7. The van der Waals surface area contributed by atoms with Gasteiger partial charge in [0, 0.05) is 48.8 Å². The third-order valence-corrected chi connectivity index (χ3v) is 12.7. The van der Waals surface area contributed by atoms with Crippen LogP contribution in [-0.2, 0) is 4.57 Å². The van der Waals surface area contributed by atoms with Gasteiger partial charge in [-0.2, -0.15) is 10.5 Å². The second kappa shape index (κ2) is 11.5. The lowest BCUT2D eigenvalue weighted by atomic mass is 10.1. The summed E-state index contributed by atoms with van der Waals surface area (Å²) in [5.41, 5.74) is 6.75. The second-order valence-electron chi connectivity index (χ2n) is 12.4. The van der Waals surface area contributed by atoms with Crippen molar-refractivity contribution in [1.82, 2.24) is 9.13 Å². The Morgan fingerprint density at radius 1 is 0.400 bits per heavy atom. The van der Waals surface area contributed by atoms with E-state index in [0.717, 1.165) is 60.3 Å². The third-order valence-electron chi connectivity index (χ3n) is 9.64. The minimum atomic E-state index is -3.46. The highest BCUT2D eigenvalue weighted by atomic mass is 31.2. The lowest BCUT2D eigenvalue weighted by Gasteiger charge is -2.21. The molecule has 50 heavy (non-hydrogen) atoms. The molecule has 9 rings (SSSR count). The van der Waals surface area contributed by atoms with Crippen LogP contribution in [0.25, 0.3) is 55.0 Å². The van der Waals surface area contributed by atoms with Gasteiger partial charge in [0.05, 0.1) is 45.3 Å². The van der Waals surface area contributed by atoms with Crippen molar-refractivity contribution in [3.8, 4) is 23.5 Å². The summed E-state index contributed by atoms with van der Waals surface area (Å²) in [6.45, 7) is 0. The zero-order chi connectivity index (χ0) is 33.8. The fraction of sp³-hybridized carbons (Fsp3) is 0. The van der Waals surface area contributed by atoms with Crippen molar-refractivity contribution in [1.29, 1.82) is 10.5 Å². The van der Waals surface area contributed by atoms with Gasteiger partial charge < -0.3 is 13.7 Å². The molecule has 7 aromatic carbocycles. The first-order chi connectivity index (χ1) is 24.6. The fourth-order valence-corrected chi connectivity index (χ4v) is 10.0. The zero-order valence-electron chi connectivity index (χ0n) is 26.7. The number of rotatable bonds is 5. The molecule has 2 heterocycles. The molecule has 234 valence electrons. The van der Waals surface area contributed by atoms with Gasteiger partial charge in [0.25, 0.3) is 0 Å². The predicted molar refractivity (Wildman–Crippen MR) is 204 cm³/mol. The minimum Gasteiger partial charge on any atom is -0.309 e. The molecule has 0 aliphatic carbocycles. The highest BCUT2D eigenvalue weighted by Gasteiger charge is 2.32. The van der Waals surface area contributed by atoms with Crippen LogP contribution in [0.5, 0.6) is 0 Å². The molecular formula is C44H27N4OP.